The Morgan fingerprint density at radius 3 is 2.56 bits per heavy atom. The van der Waals surface area contributed by atoms with E-state index >= 15 is 0 Å². The number of benzene rings is 1. The zero-order valence-corrected chi connectivity index (χ0v) is 23.4. The van der Waals surface area contributed by atoms with Crippen LogP contribution < -0.4 is 16.6 Å². The van der Waals surface area contributed by atoms with Gasteiger partial charge >= 0.3 is 17.8 Å². The van der Waals surface area contributed by atoms with E-state index in [2.05, 4.69) is 15.3 Å². The van der Waals surface area contributed by atoms with E-state index in [-0.39, 0.29) is 41.7 Å². The maximum absolute atomic E-state index is 13.7. The first-order valence-electron chi connectivity index (χ1n) is 12.5. The van der Waals surface area contributed by atoms with Crippen LogP contribution in [-0.4, -0.2) is 52.5 Å². The fourth-order valence-electron chi connectivity index (χ4n) is 4.78. The second-order valence-electron chi connectivity index (χ2n) is 9.49. The van der Waals surface area contributed by atoms with Crippen molar-refractivity contribution in [2.45, 2.75) is 26.3 Å². The molecule has 4 aromatic heterocycles. The lowest BCUT2D eigenvalue weighted by molar-refractivity contribution is -0.140. The number of nitrogens with zero attached hydrogens (tertiary/aromatic N) is 6. The van der Waals surface area contributed by atoms with Crippen LogP contribution in [0.15, 0.2) is 46.0 Å². The number of imidazole rings is 1. The topological polar surface area (TPSA) is 155 Å². The molecule has 0 saturated heterocycles. The Morgan fingerprint density at radius 2 is 1.85 bits per heavy atom. The highest BCUT2D eigenvalue weighted by atomic mass is 35.5. The van der Waals surface area contributed by atoms with Crippen molar-refractivity contribution >= 4 is 57.5 Å². The summed E-state index contributed by atoms with van der Waals surface area (Å²) < 4.78 is 9.42. The standard InChI is InChI=1S/C27H26ClN7O6/c1-14-8-10-20(29-18(14)9-11-21(36)41-4)30-25-31-23-22(32(25)2)24(37)34(26(38)33(23)3)13-15-12-16-17(28)6-5-7-19(16)35(15)27(39)40/h5-8,10,12H,9,11,13H2,1-4H3,(H,39,40)(H,29,30,31). The second-order valence-corrected chi connectivity index (χ2v) is 9.89. The van der Waals surface area contributed by atoms with Crippen LogP contribution in [0.25, 0.3) is 22.1 Å². The first kappa shape index (κ1) is 27.6. The van der Waals surface area contributed by atoms with Gasteiger partial charge in [-0.25, -0.2) is 19.1 Å². The molecule has 0 amide bonds. The van der Waals surface area contributed by atoms with Crippen LogP contribution in [0.3, 0.4) is 0 Å². The van der Waals surface area contributed by atoms with Gasteiger partial charge in [0.1, 0.15) is 5.82 Å². The first-order valence-corrected chi connectivity index (χ1v) is 12.9. The first-order chi connectivity index (χ1) is 19.5. The molecule has 5 aromatic rings. The third-order valence-corrected chi connectivity index (χ3v) is 7.31. The van der Waals surface area contributed by atoms with Crippen molar-refractivity contribution in [3.8, 4) is 0 Å². The zero-order chi connectivity index (χ0) is 29.6. The number of halogens is 1. The van der Waals surface area contributed by atoms with Crippen LogP contribution in [0.1, 0.15) is 23.4 Å². The van der Waals surface area contributed by atoms with Crippen molar-refractivity contribution in [1.82, 2.24) is 28.2 Å². The number of carbonyl (C=O) groups is 2. The predicted octanol–water partition coefficient (Wildman–Crippen LogP) is 3.17. The SMILES string of the molecule is COC(=O)CCc1nc(Nc2nc3c(c(=O)n(Cc4cc5c(Cl)cccc5n4C(=O)O)c(=O)n3C)n2C)ccc1C. The van der Waals surface area contributed by atoms with Crippen molar-refractivity contribution in [3.63, 3.8) is 0 Å². The molecule has 2 N–H and O–H groups in total. The largest absolute Gasteiger partial charge is 0.469 e. The van der Waals surface area contributed by atoms with Crippen molar-refractivity contribution < 1.29 is 19.4 Å². The molecule has 0 spiro atoms. The Bertz CT molecular complexity index is 1980. The molecular weight excluding hydrogens is 554 g/mol. The zero-order valence-electron chi connectivity index (χ0n) is 22.6. The maximum atomic E-state index is 13.7. The van der Waals surface area contributed by atoms with Crippen LogP contribution >= 0.6 is 11.6 Å². The van der Waals surface area contributed by atoms with Gasteiger partial charge < -0.3 is 19.7 Å². The van der Waals surface area contributed by atoms with Gasteiger partial charge in [0, 0.05) is 36.6 Å². The minimum atomic E-state index is -1.27. The van der Waals surface area contributed by atoms with Crippen molar-refractivity contribution in [1.29, 1.82) is 0 Å². The number of nitrogens with one attached hydrogen (secondary N) is 1. The number of carboxylic acid groups (broad SMARTS) is 1. The fraction of sp³-hybridized carbons (Fsp3) is 0.259. The normalized spacial score (nSPS) is 11.3. The van der Waals surface area contributed by atoms with E-state index in [0.29, 0.717) is 33.9 Å². The van der Waals surface area contributed by atoms with E-state index < -0.39 is 17.3 Å². The Hall–Kier alpha value is -4.91. The van der Waals surface area contributed by atoms with Crippen LogP contribution in [0.5, 0.6) is 0 Å². The van der Waals surface area contributed by atoms with Gasteiger partial charge in [-0.15, -0.1) is 0 Å². The molecule has 13 nitrogen and oxygen atoms in total. The number of aryl methyl sites for hydroxylation is 4. The number of esters is 1. The number of hydrogen-bond donors (Lipinski definition) is 2. The van der Waals surface area contributed by atoms with Gasteiger partial charge in [-0.3, -0.25) is 18.7 Å². The van der Waals surface area contributed by atoms with Crippen LogP contribution in [0.4, 0.5) is 16.6 Å². The van der Waals surface area contributed by atoms with Gasteiger partial charge in [0.05, 0.1) is 31.3 Å². The van der Waals surface area contributed by atoms with E-state index in [0.717, 1.165) is 14.7 Å². The molecule has 41 heavy (non-hydrogen) atoms. The number of anilines is 2. The molecular formula is C27H26ClN7O6. The number of pyridine rings is 1. The molecule has 0 aliphatic carbocycles. The molecule has 5 rings (SSSR count). The number of methoxy groups -OCH3 is 1. The highest BCUT2D eigenvalue weighted by Gasteiger charge is 2.22. The Morgan fingerprint density at radius 1 is 1.10 bits per heavy atom. The summed E-state index contributed by atoms with van der Waals surface area (Å²) in [6.45, 7) is 1.57. The molecule has 1 aromatic carbocycles. The van der Waals surface area contributed by atoms with Gasteiger partial charge in [0.25, 0.3) is 5.56 Å². The van der Waals surface area contributed by atoms with Gasteiger partial charge in [-0.2, -0.15) is 4.98 Å². The summed E-state index contributed by atoms with van der Waals surface area (Å²) in [5.41, 5.74) is 1.09. The van der Waals surface area contributed by atoms with Gasteiger partial charge in [-0.05, 0) is 36.8 Å². The summed E-state index contributed by atoms with van der Waals surface area (Å²) in [6.07, 6.45) is -0.713. The maximum Gasteiger partial charge on any atom is 0.416 e. The summed E-state index contributed by atoms with van der Waals surface area (Å²) in [6, 6.07) is 10.00. The lowest BCUT2D eigenvalue weighted by Gasteiger charge is -2.10. The number of aromatic nitrogens is 6. The number of rotatable bonds is 7. The Kier molecular flexibility index (Phi) is 7.13. The van der Waals surface area contributed by atoms with E-state index in [1.54, 1.807) is 37.4 Å². The van der Waals surface area contributed by atoms with Crippen molar-refractivity contribution in [2.24, 2.45) is 14.1 Å². The lowest BCUT2D eigenvalue weighted by Crippen LogP contribution is -2.40. The highest BCUT2D eigenvalue weighted by molar-refractivity contribution is 6.35. The van der Waals surface area contributed by atoms with E-state index in [1.165, 1.54) is 23.3 Å². The summed E-state index contributed by atoms with van der Waals surface area (Å²) in [4.78, 5) is 59.7. The predicted molar refractivity (Wildman–Crippen MR) is 152 cm³/mol. The van der Waals surface area contributed by atoms with Crippen LogP contribution in [0.2, 0.25) is 5.02 Å². The van der Waals surface area contributed by atoms with Crippen LogP contribution in [-0.2, 0) is 36.6 Å². The Labute approximate surface area is 237 Å². The molecule has 0 aliphatic rings. The third-order valence-electron chi connectivity index (χ3n) is 6.98. The number of fused-ring (bicyclic) bond motifs is 2. The Balaban J connectivity index is 1.56. The number of ether oxygens (including phenoxy) is 1. The van der Waals surface area contributed by atoms with Gasteiger partial charge in [-0.1, -0.05) is 23.7 Å². The van der Waals surface area contributed by atoms with Crippen molar-refractivity contribution in [3.05, 3.63) is 79.2 Å². The molecule has 0 atom stereocenters. The van der Waals surface area contributed by atoms with Gasteiger partial charge in [0.15, 0.2) is 11.2 Å². The molecule has 0 saturated carbocycles. The quantitative estimate of drug-likeness (QED) is 0.276. The summed E-state index contributed by atoms with van der Waals surface area (Å²) in [5, 5.41) is 13.8. The molecule has 0 unspecified atom stereocenters. The molecule has 0 bridgehead atoms. The number of hydrogen-bond acceptors (Lipinski definition) is 8. The summed E-state index contributed by atoms with van der Waals surface area (Å²) in [7, 11) is 4.43. The molecule has 0 radical (unpaired) electrons. The molecule has 0 fully saturated rings. The average Bonchev–Trinajstić information content (AvgIpc) is 3.48. The molecule has 4 heterocycles. The molecule has 14 heteroatoms. The summed E-state index contributed by atoms with van der Waals surface area (Å²) in [5.74, 6) is 0.345. The third kappa shape index (κ3) is 4.84. The molecule has 0 aliphatic heterocycles. The minimum Gasteiger partial charge on any atom is -0.469 e. The van der Waals surface area contributed by atoms with Crippen molar-refractivity contribution in [2.75, 3.05) is 12.4 Å². The highest BCUT2D eigenvalue weighted by Crippen LogP contribution is 2.27. The fourth-order valence-corrected chi connectivity index (χ4v) is 5.00. The van der Waals surface area contributed by atoms with E-state index in [4.69, 9.17) is 16.3 Å². The smallest absolute Gasteiger partial charge is 0.416 e. The second kappa shape index (κ2) is 10.6. The average molecular weight is 580 g/mol. The molecule has 212 valence electrons. The minimum absolute atomic E-state index is 0.128. The monoisotopic (exact) mass is 579 g/mol. The van der Waals surface area contributed by atoms with E-state index in [9.17, 15) is 24.3 Å². The van der Waals surface area contributed by atoms with Gasteiger partial charge in [0.2, 0.25) is 5.95 Å². The van der Waals surface area contributed by atoms with E-state index in [1.807, 2.05) is 13.0 Å². The lowest BCUT2D eigenvalue weighted by atomic mass is 10.1. The number of carbonyl (C=O) groups excluding carboxylic acids is 1. The summed E-state index contributed by atoms with van der Waals surface area (Å²) >= 11 is 6.28. The van der Waals surface area contributed by atoms with Crippen LogP contribution in [0, 0.1) is 6.92 Å².